The fourth-order valence-electron chi connectivity index (χ4n) is 3.89. The zero-order valence-electron chi connectivity index (χ0n) is 18.3. The summed E-state index contributed by atoms with van der Waals surface area (Å²) in [7, 11) is 0. The van der Waals surface area contributed by atoms with Gasteiger partial charge >= 0.3 is 6.16 Å². The van der Waals surface area contributed by atoms with E-state index in [1.807, 2.05) is 42.5 Å². The summed E-state index contributed by atoms with van der Waals surface area (Å²) in [6.07, 6.45) is 1.57. The number of unbranched alkanes of at least 4 members (excludes halogenated alkanes) is 1. The number of hydrogen-bond acceptors (Lipinski definition) is 4. The third-order valence-electron chi connectivity index (χ3n) is 5.56. The van der Waals surface area contributed by atoms with Crippen molar-refractivity contribution in [2.45, 2.75) is 32.7 Å². The third-order valence-corrected chi connectivity index (χ3v) is 5.56. The van der Waals surface area contributed by atoms with E-state index in [-0.39, 0.29) is 0 Å². The summed E-state index contributed by atoms with van der Waals surface area (Å²) in [5.41, 5.74) is 10.3. The summed E-state index contributed by atoms with van der Waals surface area (Å²) in [5.74, 6) is 0.795. The van der Waals surface area contributed by atoms with Gasteiger partial charge in [0.2, 0.25) is 5.91 Å². The molecule has 1 heterocycles. The topological polar surface area (TPSA) is 107 Å². The number of para-hydroxylation sites is 1. The molecule has 3 aromatic carbocycles. The Kier molecular flexibility index (Phi) is 6.40. The number of rotatable bonds is 8. The van der Waals surface area contributed by atoms with Crippen molar-refractivity contribution >= 4 is 23.1 Å². The molecule has 0 atom stereocenters. The second-order valence-electron chi connectivity index (χ2n) is 7.85. The lowest BCUT2D eigenvalue weighted by Crippen LogP contribution is -2.11. The van der Waals surface area contributed by atoms with E-state index in [0.29, 0.717) is 23.4 Å². The summed E-state index contributed by atoms with van der Waals surface area (Å²) in [5, 5.41) is 8.99. The van der Waals surface area contributed by atoms with Gasteiger partial charge in [0.1, 0.15) is 11.6 Å². The first-order valence-corrected chi connectivity index (χ1v) is 10.8. The van der Waals surface area contributed by atoms with Crippen LogP contribution in [0.25, 0.3) is 22.2 Å². The van der Waals surface area contributed by atoms with Crippen LogP contribution < -0.4 is 10.5 Å². The molecule has 0 aliphatic rings. The molecule has 33 heavy (non-hydrogen) atoms. The molecular formula is C26H25N3O4. The zero-order chi connectivity index (χ0) is 23.4. The highest BCUT2D eigenvalue weighted by molar-refractivity contribution is 5.96. The highest BCUT2D eigenvalue weighted by atomic mass is 16.7. The molecule has 4 aromatic rings. The Balaban J connectivity index is 1.68. The standard InChI is InChI=1S/C26H25N3O4/c1-2-3-8-24-28-21-14-13-19(25(27)30)15-22(21)29(24)16-17-9-11-18(12-10-17)20-6-4-5-7-23(20)33-26(31)32/h4-7,9-15H,2-3,8,16H2,1H3,(H2,27,30)(H,31,32). The molecule has 0 radical (unpaired) electrons. The van der Waals surface area contributed by atoms with E-state index < -0.39 is 12.1 Å². The molecule has 0 unspecified atom stereocenters. The molecule has 0 aliphatic carbocycles. The van der Waals surface area contributed by atoms with Gasteiger partial charge in [0, 0.05) is 24.1 Å². The van der Waals surface area contributed by atoms with Crippen LogP contribution in [-0.4, -0.2) is 26.7 Å². The number of aromatic nitrogens is 2. The second kappa shape index (κ2) is 9.56. The van der Waals surface area contributed by atoms with Gasteiger partial charge in [0.05, 0.1) is 11.0 Å². The number of hydrogen-bond donors (Lipinski definition) is 2. The molecule has 1 aromatic heterocycles. The second-order valence-corrected chi connectivity index (χ2v) is 7.85. The molecule has 7 heteroatoms. The molecule has 0 bridgehead atoms. The van der Waals surface area contributed by atoms with E-state index >= 15 is 0 Å². The van der Waals surface area contributed by atoms with Gasteiger partial charge in [-0.1, -0.05) is 55.8 Å². The number of amides is 1. The predicted octanol–water partition coefficient (Wildman–Crippen LogP) is 5.25. The van der Waals surface area contributed by atoms with Crippen molar-refractivity contribution in [3.8, 4) is 16.9 Å². The van der Waals surface area contributed by atoms with Gasteiger partial charge in [0.25, 0.3) is 0 Å². The number of carbonyl (C=O) groups is 2. The van der Waals surface area contributed by atoms with Crippen LogP contribution >= 0.6 is 0 Å². The smallest absolute Gasteiger partial charge is 0.449 e. The molecule has 0 fully saturated rings. The Morgan fingerprint density at radius 3 is 2.52 bits per heavy atom. The number of primary amides is 1. The van der Waals surface area contributed by atoms with Crippen LogP contribution in [0.5, 0.6) is 5.75 Å². The lowest BCUT2D eigenvalue weighted by atomic mass is 10.0. The van der Waals surface area contributed by atoms with E-state index in [4.69, 9.17) is 20.6 Å². The van der Waals surface area contributed by atoms with E-state index in [9.17, 15) is 9.59 Å². The monoisotopic (exact) mass is 443 g/mol. The number of nitrogens with zero attached hydrogens (tertiary/aromatic N) is 2. The maximum atomic E-state index is 11.7. The Labute approximate surface area is 191 Å². The van der Waals surface area contributed by atoms with E-state index in [0.717, 1.165) is 47.2 Å². The largest absolute Gasteiger partial charge is 0.511 e. The van der Waals surface area contributed by atoms with Gasteiger partial charge in [-0.15, -0.1) is 0 Å². The summed E-state index contributed by atoms with van der Waals surface area (Å²) in [4.78, 5) is 27.5. The maximum Gasteiger partial charge on any atom is 0.511 e. The zero-order valence-corrected chi connectivity index (χ0v) is 18.3. The highest BCUT2D eigenvalue weighted by Gasteiger charge is 2.14. The van der Waals surface area contributed by atoms with E-state index in [2.05, 4.69) is 11.5 Å². The predicted molar refractivity (Wildman–Crippen MR) is 126 cm³/mol. The van der Waals surface area contributed by atoms with Crippen LogP contribution in [0.2, 0.25) is 0 Å². The van der Waals surface area contributed by atoms with E-state index in [1.54, 1.807) is 24.3 Å². The summed E-state index contributed by atoms with van der Waals surface area (Å²) in [6, 6.07) is 20.3. The number of ether oxygens (including phenoxy) is 1. The number of nitrogens with two attached hydrogens (primary N) is 1. The molecular weight excluding hydrogens is 418 g/mol. The van der Waals surface area contributed by atoms with Crippen LogP contribution in [0.1, 0.15) is 41.5 Å². The molecule has 3 N–H and O–H groups in total. The summed E-state index contributed by atoms with van der Waals surface area (Å²) >= 11 is 0. The number of fused-ring (bicyclic) bond motifs is 1. The average Bonchev–Trinajstić information content (AvgIpc) is 3.14. The van der Waals surface area contributed by atoms with Crippen LogP contribution in [0.4, 0.5) is 4.79 Å². The quantitative estimate of drug-likeness (QED) is 0.286. The lowest BCUT2D eigenvalue weighted by Gasteiger charge is -2.12. The normalized spacial score (nSPS) is 10.9. The number of carbonyl (C=O) groups excluding carboxylic acids is 1. The van der Waals surface area contributed by atoms with Crippen LogP contribution in [-0.2, 0) is 13.0 Å². The molecule has 7 nitrogen and oxygen atoms in total. The molecule has 4 rings (SSSR count). The number of carboxylic acid groups (broad SMARTS) is 1. The van der Waals surface area contributed by atoms with Crippen molar-refractivity contribution in [3.63, 3.8) is 0 Å². The Morgan fingerprint density at radius 1 is 1.06 bits per heavy atom. The van der Waals surface area contributed by atoms with Gasteiger partial charge in [0.15, 0.2) is 0 Å². The van der Waals surface area contributed by atoms with Crippen molar-refractivity contribution < 1.29 is 19.4 Å². The first kappa shape index (κ1) is 22.1. The van der Waals surface area contributed by atoms with Gasteiger partial charge in [-0.25, -0.2) is 9.78 Å². The van der Waals surface area contributed by atoms with Gasteiger partial charge in [-0.05, 0) is 41.8 Å². The maximum absolute atomic E-state index is 11.7. The number of imidazole rings is 1. The van der Waals surface area contributed by atoms with Crippen LogP contribution in [0.15, 0.2) is 66.7 Å². The molecule has 1 amide bonds. The van der Waals surface area contributed by atoms with Crippen molar-refractivity contribution in [1.29, 1.82) is 0 Å². The fourth-order valence-corrected chi connectivity index (χ4v) is 3.89. The third kappa shape index (κ3) is 4.87. The average molecular weight is 444 g/mol. The molecule has 168 valence electrons. The van der Waals surface area contributed by atoms with Crippen LogP contribution in [0.3, 0.4) is 0 Å². The Bertz CT molecular complexity index is 1310. The Morgan fingerprint density at radius 2 is 1.82 bits per heavy atom. The lowest BCUT2D eigenvalue weighted by molar-refractivity contribution is 0.1000. The highest BCUT2D eigenvalue weighted by Crippen LogP contribution is 2.30. The first-order chi connectivity index (χ1) is 16.0. The summed E-state index contributed by atoms with van der Waals surface area (Å²) < 4.78 is 7.05. The fraction of sp³-hybridized carbons (Fsp3) is 0.192. The minimum atomic E-state index is -1.35. The van der Waals surface area contributed by atoms with Crippen LogP contribution in [0, 0.1) is 0 Å². The van der Waals surface area contributed by atoms with Gasteiger partial charge in [-0.3, -0.25) is 4.79 Å². The SMILES string of the molecule is CCCCc1nc2ccc(C(N)=O)cc2n1Cc1ccc(-c2ccccc2OC(=O)O)cc1. The molecule has 0 aliphatic heterocycles. The Hall–Kier alpha value is -4.13. The molecule has 0 saturated heterocycles. The van der Waals surface area contributed by atoms with Crippen molar-refractivity contribution in [2.75, 3.05) is 0 Å². The van der Waals surface area contributed by atoms with Gasteiger partial charge < -0.3 is 20.1 Å². The van der Waals surface area contributed by atoms with E-state index in [1.165, 1.54) is 0 Å². The molecule has 0 spiro atoms. The minimum absolute atomic E-state index is 0.291. The summed E-state index contributed by atoms with van der Waals surface area (Å²) in [6.45, 7) is 2.73. The first-order valence-electron chi connectivity index (χ1n) is 10.8. The molecule has 0 saturated carbocycles. The number of aryl methyl sites for hydroxylation is 1. The van der Waals surface area contributed by atoms with Crippen molar-refractivity contribution in [3.05, 3.63) is 83.7 Å². The minimum Gasteiger partial charge on any atom is -0.449 e. The van der Waals surface area contributed by atoms with Gasteiger partial charge in [-0.2, -0.15) is 0 Å². The van der Waals surface area contributed by atoms with Crippen molar-refractivity contribution in [1.82, 2.24) is 9.55 Å². The number of benzene rings is 3. The van der Waals surface area contributed by atoms with Crippen molar-refractivity contribution in [2.24, 2.45) is 5.73 Å².